The molecule has 0 aliphatic carbocycles. The summed E-state index contributed by atoms with van der Waals surface area (Å²) in [7, 11) is 1.59. The molecule has 7 heteroatoms. The van der Waals surface area contributed by atoms with Crippen LogP contribution >= 0.6 is 11.8 Å². The van der Waals surface area contributed by atoms with Crippen LogP contribution in [0.4, 0.5) is 0 Å². The maximum absolute atomic E-state index is 11.7. The fourth-order valence-corrected chi connectivity index (χ4v) is 2.59. The van der Waals surface area contributed by atoms with E-state index in [0.29, 0.717) is 23.3 Å². The van der Waals surface area contributed by atoms with Crippen LogP contribution in [0.25, 0.3) is 0 Å². The molecule has 0 radical (unpaired) electrons. The molecular weight excluding hydrogens is 276 g/mol. The number of aromatic nitrogens is 4. The number of ether oxygens (including phenoxy) is 1. The van der Waals surface area contributed by atoms with Crippen LogP contribution in [0.15, 0.2) is 28.2 Å². The minimum Gasteiger partial charge on any atom is -0.481 e. The molecule has 0 saturated carbocycles. The van der Waals surface area contributed by atoms with Gasteiger partial charge in [-0.25, -0.2) is 14.9 Å². The summed E-state index contributed by atoms with van der Waals surface area (Å²) >= 11 is 1.49. The minimum absolute atomic E-state index is 0.153. The second-order valence-electron chi connectivity index (χ2n) is 4.28. The Morgan fingerprint density at radius 2 is 2.30 bits per heavy atom. The first kappa shape index (κ1) is 14.6. The van der Waals surface area contributed by atoms with Gasteiger partial charge >= 0.3 is 5.69 Å². The van der Waals surface area contributed by atoms with Gasteiger partial charge in [0.1, 0.15) is 0 Å². The quantitative estimate of drug-likeness (QED) is 0.791. The molecule has 20 heavy (non-hydrogen) atoms. The second-order valence-corrected chi connectivity index (χ2v) is 5.22. The highest BCUT2D eigenvalue weighted by molar-refractivity contribution is 7.98. The van der Waals surface area contributed by atoms with Crippen molar-refractivity contribution in [2.75, 3.05) is 7.11 Å². The standard InChI is InChI=1S/C13H18N4O2S/c1-3-4-8-17-12(18)15-16-13(17)20-9-10-6-5-7-11(14-10)19-2/h5-7H,3-4,8-9H2,1-2H3,(H,15,18). The lowest BCUT2D eigenvalue weighted by molar-refractivity contribution is 0.397. The van der Waals surface area contributed by atoms with Crippen LogP contribution in [0.3, 0.4) is 0 Å². The first-order valence-corrected chi connectivity index (χ1v) is 7.51. The average Bonchev–Trinajstić information content (AvgIpc) is 2.83. The van der Waals surface area contributed by atoms with E-state index in [1.54, 1.807) is 17.7 Å². The number of H-pyrrole nitrogens is 1. The van der Waals surface area contributed by atoms with Crippen LogP contribution in [-0.2, 0) is 12.3 Å². The lowest BCUT2D eigenvalue weighted by atomic mass is 10.3. The van der Waals surface area contributed by atoms with Crippen LogP contribution in [0, 0.1) is 0 Å². The summed E-state index contributed by atoms with van der Waals surface area (Å²) in [5.41, 5.74) is 0.742. The topological polar surface area (TPSA) is 72.8 Å². The Hall–Kier alpha value is -1.76. The molecule has 2 aromatic rings. The number of thioether (sulfide) groups is 1. The van der Waals surface area contributed by atoms with E-state index in [1.807, 2.05) is 12.1 Å². The van der Waals surface area contributed by atoms with E-state index in [9.17, 15) is 4.79 Å². The molecule has 1 N–H and O–H groups in total. The van der Waals surface area contributed by atoms with E-state index in [1.165, 1.54) is 11.8 Å². The average molecular weight is 294 g/mol. The van der Waals surface area contributed by atoms with Crippen LogP contribution < -0.4 is 10.4 Å². The zero-order chi connectivity index (χ0) is 14.4. The van der Waals surface area contributed by atoms with E-state index in [0.717, 1.165) is 18.5 Å². The number of hydrogen-bond acceptors (Lipinski definition) is 5. The van der Waals surface area contributed by atoms with Crippen molar-refractivity contribution < 1.29 is 4.74 Å². The van der Waals surface area contributed by atoms with Crippen molar-refractivity contribution in [2.24, 2.45) is 0 Å². The molecule has 0 unspecified atom stereocenters. The van der Waals surface area contributed by atoms with Crippen molar-refractivity contribution in [3.63, 3.8) is 0 Å². The Kier molecular flexibility index (Phi) is 5.23. The Labute approximate surface area is 121 Å². The zero-order valence-electron chi connectivity index (χ0n) is 11.6. The maximum Gasteiger partial charge on any atom is 0.343 e. The van der Waals surface area contributed by atoms with E-state index in [4.69, 9.17) is 4.74 Å². The van der Waals surface area contributed by atoms with Crippen LogP contribution in [0.2, 0.25) is 0 Å². The number of unbranched alkanes of at least 4 members (excludes halogenated alkanes) is 1. The third kappa shape index (κ3) is 3.63. The molecule has 0 aliphatic rings. The van der Waals surface area contributed by atoms with E-state index in [2.05, 4.69) is 22.1 Å². The molecular formula is C13H18N4O2S. The van der Waals surface area contributed by atoms with Gasteiger partial charge in [0.2, 0.25) is 5.88 Å². The lowest BCUT2D eigenvalue weighted by Crippen LogP contribution is -2.17. The number of hydrogen-bond donors (Lipinski definition) is 1. The highest BCUT2D eigenvalue weighted by Crippen LogP contribution is 2.20. The summed E-state index contributed by atoms with van der Waals surface area (Å²) < 4.78 is 6.77. The van der Waals surface area contributed by atoms with Crippen LogP contribution in [0.1, 0.15) is 25.5 Å². The Morgan fingerprint density at radius 1 is 1.45 bits per heavy atom. The Bertz CT molecular complexity index is 608. The number of nitrogens with one attached hydrogen (secondary N) is 1. The van der Waals surface area contributed by atoms with Crippen LogP contribution in [0.5, 0.6) is 5.88 Å². The van der Waals surface area contributed by atoms with Gasteiger partial charge in [-0.1, -0.05) is 31.2 Å². The number of aromatic amines is 1. The molecule has 0 spiro atoms. The summed E-state index contributed by atoms with van der Waals surface area (Å²) in [5, 5.41) is 7.25. The van der Waals surface area contributed by atoms with Gasteiger partial charge in [0.05, 0.1) is 12.8 Å². The van der Waals surface area contributed by atoms with Crippen molar-refractivity contribution in [3.8, 4) is 5.88 Å². The third-order valence-electron chi connectivity index (χ3n) is 2.80. The molecule has 0 aromatic carbocycles. The number of nitrogens with zero attached hydrogens (tertiary/aromatic N) is 3. The first-order chi connectivity index (χ1) is 9.74. The molecule has 6 nitrogen and oxygen atoms in total. The van der Waals surface area contributed by atoms with Gasteiger partial charge in [-0.2, -0.15) is 0 Å². The molecule has 0 amide bonds. The Morgan fingerprint density at radius 3 is 3.05 bits per heavy atom. The number of rotatable bonds is 7. The lowest BCUT2D eigenvalue weighted by Gasteiger charge is -2.05. The first-order valence-electron chi connectivity index (χ1n) is 6.52. The predicted octanol–water partition coefficient (Wildman–Crippen LogP) is 2.07. The van der Waals surface area contributed by atoms with Crippen molar-refractivity contribution in [1.29, 1.82) is 0 Å². The molecule has 0 bridgehead atoms. The summed E-state index contributed by atoms with van der Waals surface area (Å²) in [4.78, 5) is 16.0. The molecule has 2 heterocycles. The van der Waals surface area contributed by atoms with Crippen LogP contribution in [-0.4, -0.2) is 26.9 Å². The predicted molar refractivity (Wildman–Crippen MR) is 78.1 cm³/mol. The van der Waals surface area contributed by atoms with Gasteiger partial charge in [-0.05, 0) is 12.5 Å². The molecule has 2 aromatic heterocycles. The van der Waals surface area contributed by atoms with Gasteiger partial charge < -0.3 is 4.74 Å². The van der Waals surface area contributed by atoms with Gasteiger partial charge in [-0.3, -0.25) is 4.57 Å². The fraction of sp³-hybridized carbons (Fsp3) is 0.462. The molecule has 0 atom stereocenters. The summed E-state index contributed by atoms with van der Waals surface area (Å²) in [6.45, 7) is 2.79. The zero-order valence-corrected chi connectivity index (χ0v) is 12.4. The summed E-state index contributed by atoms with van der Waals surface area (Å²) in [5.74, 6) is 1.24. The van der Waals surface area contributed by atoms with Gasteiger partial charge in [0.15, 0.2) is 5.16 Å². The summed E-state index contributed by atoms with van der Waals surface area (Å²) in [6.07, 6.45) is 2.00. The highest BCUT2D eigenvalue weighted by Gasteiger charge is 2.09. The van der Waals surface area contributed by atoms with Crippen molar-refractivity contribution in [2.45, 2.75) is 37.2 Å². The highest BCUT2D eigenvalue weighted by atomic mass is 32.2. The molecule has 0 aliphatic heterocycles. The van der Waals surface area contributed by atoms with Crippen molar-refractivity contribution in [3.05, 3.63) is 34.4 Å². The maximum atomic E-state index is 11.7. The monoisotopic (exact) mass is 294 g/mol. The van der Waals surface area contributed by atoms with Crippen molar-refractivity contribution in [1.82, 2.24) is 19.7 Å². The SMILES string of the molecule is CCCCn1c(SCc2cccc(OC)n2)n[nH]c1=O. The third-order valence-corrected chi connectivity index (χ3v) is 3.81. The van der Waals surface area contributed by atoms with Gasteiger partial charge in [-0.15, -0.1) is 5.10 Å². The molecule has 0 fully saturated rings. The summed E-state index contributed by atoms with van der Waals surface area (Å²) in [6, 6.07) is 5.63. The second kappa shape index (κ2) is 7.14. The fourth-order valence-electron chi connectivity index (χ4n) is 1.72. The number of methoxy groups -OCH3 is 1. The molecule has 2 rings (SSSR count). The van der Waals surface area contributed by atoms with E-state index in [-0.39, 0.29) is 5.69 Å². The number of pyridine rings is 1. The van der Waals surface area contributed by atoms with Gasteiger partial charge in [0.25, 0.3) is 0 Å². The normalized spacial score (nSPS) is 10.7. The minimum atomic E-state index is -0.153. The molecule has 108 valence electrons. The van der Waals surface area contributed by atoms with Gasteiger partial charge in [0, 0.05) is 18.4 Å². The largest absolute Gasteiger partial charge is 0.481 e. The van der Waals surface area contributed by atoms with Crippen molar-refractivity contribution >= 4 is 11.8 Å². The smallest absolute Gasteiger partial charge is 0.343 e. The van der Waals surface area contributed by atoms with E-state index < -0.39 is 0 Å². The van der Waals surface area contributed by atoms with E-state index >= 15 is 0 Å². The Balaban J connectivity index is 2.05. The molecule has 0 saturated heterocycles.